The van der Waals surface area contributed by atoms with Crippen molar-refractivity contribution in [2.24, 2.45) is 0 Å². The number of aromatic nitrogens is 5. The van der Waals surface area contributed by atoms with Gasteiger partial charge in [-0.05, 0) is 44.7 Å². The highest BCUT2D eigenvalue weighted by molar-refractivity contribution is 5.99. The Bertz CT molecular complexity index is 962. The lowest BCUT2D eigenvalue weighted by Gasteiger charge is -2.23. The lowest BCUT2D eigenvalue weighted by molar-refractivity contribution is 0.355. The number of aryl methyl sites for hydroxylation is 1. The molecule has 2 fully saturated rings. The maximum Gasteiger partial charge on any atom is 0.164 e. The lowest BCUT2D eigenvalue weighted by atomic mass is 10.1. The predicted molar refractivity (Wildman–Crippen MR) is 106 cm³/mol. The van der Waals surface area contributed by atoms with Crippen molar-refractivity contribution < 1.29 is 0 Å². The topological polar surface area (TPSA) is 98.6 Å². The number of piperidine rings is 1. The molecule has 142 valence electrons. The zero-order chi connectivity index (χ0) is 18.4. The van der Waals surface area contributed by atoms with Crippen LogP contribution in [-0.4, -0.2) is 37.6 Å². The normalized spacial score (nSPS) is 20.3. The largest absolute Gasteiger partial charge is 0.383 e. The summed E-state index contributed by atoms with van der Waals surface area (Å²) < 4.78 is 4.20. The van der Waals surface area contributed by atoms with Gasteiger partial charge in [-0.2, -0.15) is 10.2 Å². The summed E-state index contributed by atoms with van der Waals surface area (Å²) in [6.07, 6.45) is 9.45. The van der Waals surface area contributed by atoms with Crippen LogP contribution < -0.4 is 16.4 Å². The first-order valence-corrected chi connectivity index (χ1v) is 9.93. The molecule has 0 aromatic carbocycles. The Morgan fingerprint density at radius 3 is 2.89 bits per heavy atom. The van der Waals surface area contributed by atoms with Gasteiger partial charge in [-0.1, -0.05) is 6.92 Å². The van der Waals surface area contributed by atoms with E-state index in [1.807, 2.05) is 6.07 Å². The lowest BCUT2D eigenvalue weighted by Crippen LogP contribution is -2.32. The molecular formula is C19H26N8. The molecule has 3 aromatic heterocycles. The molecule has 0 spiro atoms. The summed E-state index contributed by atoms with van der Waals surface area (Å²) in [7, 11) is 0. The summed E-state index contributed by atoms with van der Waals surface area (Å²) in [4.78, 5) is 4.30. The van der Waals surface area contributed by atoms with Gasteiger partial charge >= 0.3 is 0 Å². The maximum atomic E-state index is 6.25. The van der Waals surface area contributed by atoms with Gasteiger partial charge in [0.25, 0.3) is 0 Å². The highest BCUT2D eigenvalue weighted by Gasteiger charge is 2.27. The molecular weight excluding hydrogens is 340 g/mol. The summed E-state index contributed by atoms with van der Waals surface area (Å²) in [6, 6.07) is 2.89. The van der Waals surface area contributed by atoms with Crippen molar-refractivity contribution in [2.45, 2.75) is 51.1 Å². The SMILES string of the molecule is CCc1nn(C2CC2)cc1Nc1nn([C@@H]2CCCNC2)c2ccnc(N)c12. The molecule has 0 unspecified atom stereocenters. The van der Waals surface area contributed by atoms with Crippen LogP contribution in [0, 0.1) is 0 Å². The number of rotatable bonds is 5. The van der Waals surface area contributed by atoms with Crippen LogP contribution in [0.25, 0.3) is 10.9 Å². The molecule has 27 heavy (non-hydrogen) atoms. The third-order valence-electron chi connectivity index (χ3n) is 5.58. The summed E-state index contributed by atoms with van der Waals surface area (Å²) >= 11 is 0. The number of hydrogen-bond donors (Lipinski definition) is 3. The first kappa shape index (κ1) is 16.6. The number of pyridine rings is 1. The van der Waals surface area contributed by atoms with Crippen LogP contribution >= 0.6 is 0 Å². The Labute approximate surface area is 158 Å². The van der Waals surface area contributed by atoms with Crippen molar-refractivity contribution >= 4 is 28.2 Å². The minimum Gasteiger partial charge on any atom is -0.383 e. The molecule has 0 radical (unpaired) electrons. The van der Waals surface area contributed by atoms with Crippen molar-refractivity contribution in [2.75, 3.05) is 24.1 Å². The van der Waals surface area contributed by atoms with E-state index < -0.39 is 0 Å². The van der Waals surface area contributed by atoms with Crippen LogP contribution in [0.2, 0.25) is 0 Å². The second kappa shape index (κ2) is 6.53. The molecule has 8 heteroatoms. The summed E-state index contributed by atoms with van der Waals surface area (Å²) in [5, 5.41) is 17.5. The number of nitrogen functional groups attached to an aromatic ring is 1. The summed E-state index contributed by atoms with van der Waals surface area (Å²) in [5.74, 6) is 1.28. The van der Waals surface area contributed by atoms with E-state index in [0.717, 1.165) is 60.5 Å². The van der Waals surface area contributed by atoms with Crippen molar-refractivity contribution in [1.29, 1.82) is 0 Å². The molecule has 1 aliphatic carbocycles. The van der Waals surface area contributed by atoms with Crippen LogP contribution in [-0.2, 0) is 6.42 Å². The average molecular weight is 366 g/mol. The minimum atomic E-state index is 0.332. The van der Waals surface area contributed by atoms with E-state index in [-0.39, 0.29) is 0 Å². The molecule has 8 nitrogen and oxygen atoms in total. The van der Waals surface area contributed by atoms with Crippen molar-refractivity contribution in [3.8, 4) is 0 Å². The van der Waals surface area contributed by atoms with Gasteiger partial charge < -0.3 is 16.4 Å². The van der Waals surface area contributed by atoms with Gasteiger partial charge in [0.05, 0.1) is 34.4 Å². The number of nitrogens with one attached hydrogen (secondary N) is 2. The third-order valence-corrected chi connectivity index (χ3v) is 5.58. The van der Waals surface area contributed by atoms with Crippen LogP contribution in [0.15, 0.2) is 18.5 Å². The summed E-state index contributed by atoms with van der Waals surface area (Å²) in [6.45, 7) is 4.13. The maximum absolute atomic E-state index is 6.25. The number of anilines is 3. The Kier molecular flexibility index (Phi) is 4.00. The van der Waals surface area contributed by atoms with Crippen molar-refractivity contribution in [1.82, 2.24) is 29.9 Å². The van der Waals surface area contributed by atoms with Crippen molar-refractivity contribution in [3.05, 3.63) is 24.2 Å². The van der Waals surface area contributed by atoms with E-state index in [1.54, 1.807) is 6.20 Å². The fourth-order valence-electron chi connectivity index (χ4n) is 3.97. The van der Waals surface area contributed by atoms with Crippen LogP contribution in [0.4, 0.5) is 17.3 Å². The Balaban J connectivity index is 1.56. The number of nitrogens with zero attached hydrogens (tertiary/aromatic N) is 5. The summed E-state index contributed by atoms with van der Waals surface area (Å²) in [5.41, 5.74) is 9.36. The minimum absolute atomic E-state index is 0.332. The zero-order valence-corrected chi connectivity index (χ0v) is 15.6. The first-order valence-electron chi connectivity index (χ1n) is 9.93. The number of nitrogens with two attached hydrogens (primary N) is 1. The zero-order valence-electron chi connectivity index (χ0n) is 15.6. The van der Waals surface area contributed by atoms with E-state index >= 15 is 0 Å². The number of hydrogen-bond acceptors (Lipinski definition) is 6. The second-order valence-electron chi connectivity index (χ2n) is 7.56. The Morgan fingerprint density at radius 1 is 1.26 bits per heavy atom. The smallest absolute Gasteiger partial charge is 0.164 e. The fourth-order valence-corrected chi connectivity index (χ4v) is 3.97. The monoisotopic (exact) mass is 366 g/mol. The van der Waals surface area contributed by atoms with Gasteiger partial charge in [0.15, 0.2) is 5.82 Å². The van der Waals surface area contributed by atoms with Crippen LogP contribution in [0.1, 0.15) is 50.4 Å². The predicted octanol–water partition coefficient (Wildman–Crippen LogP) is 2.78. The van der Waals surface area contributed by atoms with Crippen LogP contribution in [0.5, 0.6) is 0 Å². The van der Waals surface area contributed by atoms with Gasteiger partial charge in [0.1, 0.15) is 5.82 Å². The average Bonchev–Trinajstić information content (AvgIpc) is 3.37. The molecule has 1 aliphatic heterocycles. The molecule has 1 saturated heterocycles. The molecule has 1 atom stereocenters. The highest BCUT2D eigenvalue weighted by atomic mass is 15.4. The molecule has 0 amide bonds. The first-order chi connectivity index (χ1) is 13.2. The van der Waals surface area contributed by atoms with E-state index in [0.29, 0.717) is 17.9 Å². The molecule has 3 aromatic rings. The molecule has 4 heterocycles. The quantitative estimate of drug-likeness (QED) is 0.642. The van der Waals surface area contributed by atoms with E-state index in [4.69, 9.17) is 15.9 Å². The standard InChI is InChI=1S/C19H26N8/c1-2-14-15(11-26(24-14)12-5-6-12)23-19-17-16(7-9-22-18(17)20)27(25-19)13-4-3-8-21-10-13/h7,9,11-13,21H,2-6,8,10H2,1H3,(H2,20,22)(H,23,25)/t13-/m1/s1. The van der Waals surface area contributed by atoms with Gasteiger partial charge in [0.2, 0.25) is 0 Å². The highest BCUT2D eigenvalue weighted by Crippen LogP contribution is 2.37. The molecule has 5 rings (SSSR count). The Hall–Kier alpha value is -2.61. The van der Waals surface area contributed by atoms with Crippen molar-refractivity contribution in [3.63, 3.8) is 0 Å². The van der Waals surface area contributed by atoms with Gasteiger partial charge in [-0.25, -0.2) is 4.98 Å². The van der Waals surface area contributed by atoms with Gasteiger partial charge in [-0.15, -0.1) is 0 Å². The molecule has 1 saturated carbocycles. The van der Waals surface area contributed by atoms with Crippen LogP contribution in [0.3, 0.4) is 0 Å². The van der Waals surface area contributed by atoms with E-state index in [9.17, 15) is 0 Å². The molecule has 4 N–H and O–H groups in total. The van der Waals surface area contributed by atoms with E-state index in [2.05, 4.69) is 38.1 Å². The fraction of sp³-hybridized carbons (Fsp3) is 0.526. The Morgan fingerprint density at radius 2 is 2.15 bits per heavy atom. The molecule has 2 aliphatic rings. The van der Waals surface area contributed by atoms with Gasteiger partial charge in [-0.3, -0.25) is 9.36 Å². The van der Waals surface area contributed by atoms with Gasteiger partial charge in [0, 0.05) is 18.9 Å². The molecule has 0 bridgehead atoms. The number of fused-ring (bicyclic) bond motifs is 1. The third kappa shape index (κ3) is 2.93. The second-order valence-corrected chi connectivity index (χ2v) is 7.56. The van der Waals surface area contributed by atoms with E-state index in [1.165, 1.54) is 12.8 Å².